The van der Waals surface area contributed by atoms with Gasteiger partial charge in [-0.2, -0.15) is 13.2 Å². The summed E-state index contributed by atoms with van der Waals surface area (Å²) in [7, 11) is 0. The van der Waals surface area contributed by atoms with Crippen LogP contribution in [-0.2, 0) is 25.4 Å². The van der Waals surface area contributed by atoms with Crippen molar-refractivity contribution in [3.63, 3.8) is 0 Å². The molecule has 40 heavy (non-hydrogen) atoms. The maximum Gasteiger partial charge on any atom is 0.416 e. The molecule has 2 aliphatic heterocycles. The molecular formula is C25H18F3N3O7S2. The zero-order valence-corrected chi connectivity index (χ0v) is 21.7. The van der Waals surface area contributed by atoms with Crippen molar-refractivity contribution >= 4 is 52.5 Å². The number of carbonyl (C=O) groups excluding carboxylic acids is 3. The van der Waals surface area contributed by atoms with Gasteiger partial charge in [0.25, 0.3) is 5.91 Å². The van der Waals surface area contributed by atoms with E-state index in [1.807, 2.05) is 0 Å². The molecule has 0 radical (unpaired) electrons. The third-order valence-electron chi connectivity index (χ3n) is 6.29. The predicted octanol–water partition coefficient (Wildman–Crippen LogP) is 3.15. The van der Waals surface area contributed by atoms with Crippen molar-refractivity contribution in [1.29, 1.82) is 0 Å². The van der Waals surface area contributed by atoms with Crippen molar-refractivity contribution in [3.05, 3.63) is 74.2 Å². The number of fused-ring (bicyclic) bond motifs is 2. The molecule has 2 aliphatic rings. The Morgan fingerprint density at radius 1 is 1.07 bits per heavy atom. The SMILES string of the molecule is O=C(O)CN1C(=O)C2Sc3[nH]c(=O)sc3[C@H](c3ccc(OCC(=O)Nc4cccc(C(F)(F)F)c4)cc3)C2C1=O. The van der Waals surface area contributed by atoms with Gasteiger partial charge in [-0.05, 0) is 35.9 Å². The number of imide groups is 1. The fraction of sp³-hybridized carbons (Fsp3) is 0.240. The van der Waals surface area contributed by atoms with E-state index in [9.17, 15) is 37.1 Å². The zero-order chi connectivity index (χ0) is 28.8. The number of anilines is 1. The zero-order valence-electron chi connectivity index (χ0n) is 20.1. The Morgan fingerprint density at radius 3 is 2.48 bits per heavy atom. The molecule has 5 rings (SSSR count). The lowest BCUT2D eigenvalue weighted by Gasteiger charge is -2.29. The molecule has 3 N–H and O–H groups in total. The number of hydrogen-bond donors (Lipinski definition) is 3. The minimum atomic E-state index is -4.56. The molecule has 3 aromatic rings. The van der Waals surface area contributed by atoms with Crippen molar-refractivity contribution in [2.45, 2.75) is 22.4 Å². The number of carboxylic acid groups (broad SMARTS) is 1. The van der Waals surface area contributed by atoms with Gasteiger partial charge in [0.2, 0.25) is 11.8 Å². The largest absolute Gasteiger partial charge is 0.484 e. The first-order valence-corrected chi connectivity index (χ1v) is 13.3. The molecule has 1 saturated heterocycles. The van der Waals surface area contributed by atoms with E-state index in [2.05, 4.69) is 10.3 Å². The Morgan fingerprint density at radius 2 is 1.80 bits per heavy atom. The summed E-state index contributed by atoms with van der Waals surface area (Å²) in [4.78, 5) is 65.2. The van der Waals surface area contributed by atoms with E-state index in [0.29, 0.717) is 20.4 Å². The fourth-order valence-corrected chi connectivity index (χ4v) is 7.15. The van der Waals surface area contributed by atoms with Crippen molar-refractivity contribution < 1.29 is 42.2 Å². The quantitative estimate of drug-likeness (QED) is 0.354. The van der Waals surface area contributed by atoms with Gasteiger partial charge in [-0.3, -0.25) is 28.9 Å². The molecular weight excluding hydrogens is 575 g/mol. The number of alkyl halides is 3. The molecule has 0 saturated carbocycles. The number of rotatable bonds is 7. The number of aromatic nitrogens is 1. The minimum absolute atomic E-state index is 0.0440. The van der Waals surface area contributed by atoms with Crippen LogP contribution in [0.25, 0.3) is 0 Å². The topological polar surface area (TPSA) is 146 Å². The molecule has 1 fully saturated rings. The highest BCUT2D eigenvalue weighted by Gasteiger charge is 2.56. The number of nitrogens with one attached hydrogen (secondary N) is 2. The van der Waals surface area contributed by atoms with Crippen LogP contribution in [0.5, 0.6) is 5.75 Å². The Hall–Kier alpha value is -4.11. The van der Waals surface area contributed by atoms with Crippen LogP contribution in [0.15, 0.2) is 58.4 Å². The van der Waals surface area contributed by atoms with Crippen LogP contribution < -0.4 is 14.9 Å². The van der Waals surface area contributed by atoms with Crippen LogP contribution in [0.1, 0.15) is 21.9 Å². The van der Waals surface area contributed by atoms with E-state index in [4.69, 9.17) is 9.84 Å². The molecule has 2 unspecified atom stereocenters. The van der Waals surface area contributed by atoms with Gasteiger partial charge in [-0.25, -0.2) is 0 Å². The van der Waals surface area contributed by atoms with Crippen LogP contribution in [0.3, 0.4) is 0 Å². The first-order valence-electron chi connectivity index (χ1n) is 11.6. The normalized spacial score (nSPS) is 20.2. The first kappa shape index (κ1) is 27.5. The summed E-state index contributed by atoms with van der Waals surface area (Å²) in [6.45, 7) is -1.27. The number of thioether (sulfide) groups is 1. The van der Waals surface area contributed by atoms with Crippen LogP contribution in [-0.4, -0.2) is 57.1 Å². The highest BCUT2D eigenvalue weighted by molar-refractivity contribution is 8.00. The second-order valence-electron chi connectivity index (χ2n) is 8.89. The van der Waals surface area contributed by atoms with Gasteiger partial charge in [-0.1, -0.05) is 41.3 Å². The Kier molecular flexibility index (Phi) is 7.18. The summed E-state index contributed by atoms with van der Waals surface area (Å²) in [5.74, 6) is -4.70. The van der Waals surface area contributed by atoms with Crippen molar-refractivity contribution in [2.75, 3.05) is 18.5 Å². The molecule has 10 nitrogen and oxygen atoms in total. The van der Waals surface area contributed by atoms with Crippen LogP contribution >= 0.6 is 23.1 Å². The molecule has 15 heteroatoms. The number of nitrogens with zero attached hydrogens (tertiary/aromatic N) is 1. The van der Waals surface area contributed by atoms with Gasteiger partial charge < -0.3 is 20.1 Å². The van der Waals surface area contributed by atoms with Gasteiger partial charge in [-0.15, -0.1) is 0 Å². The number of H-pyrrole nitrogens is 1. The molecule has 1 aromatic heterocycles. The summed E-state index contributed by atoms with van der Waals surface area (Å²) < 4.78 is 44.1. The van der Waals surface area contributed by atoms with E-state index in [1.165, 1.54) is 24.3 Å². The number of benzene rings is 2. The molecule has 3 heterocycles. The van der Waals surface area contributed by atoms with Gasteiger partial charge in [0.15, 0.2) is 6.61 Å². The lowest BCUT2D eigenvalue weighted by atomic mass is 9.83. The lowest BCUT2D eigenvalue weighted by molar-refractivity contribution is -0.149. The van der Waals surface area contributed by atoms with Gasteiger partial charge in [0.05, 0.1) is 16.5 Å². The molecule has 2 aromatic carbocycles. The number of halogens is 3. The molecule has 3 amide bonds. The number of carbonyl (C=O) groups is 4. The highest BCUT2D eigenvalue weighted by Crippen LogP contribution is 2.52. The number of thiazole rings is 1. The monoisotopic (exact) mass is 593 g/mol. The Bertz CT molecular complexity index is 1570. The molecule has 0 aliphatic carbocycles. The van der Waals surface area contributed by atoms with Crippen LogP contribution in [0, 0.1) is 5.92 Å². The maximum atomic E-state index is 13.2. The summed E-state index contributed by atoms with van der Waals surface area (Å²) in [6, 6.07) is 10.4. The highest BCUT2D eigenvalue weighted by atomic mass is 32.2. The number of carboxylic acids is 1. The van der Waals surface area contributed by atoms with E-state index >= 15 is 0 Å². The Balaban J connectivity index is 1.32. The lowest BCUT2D eigenvalue weighted by Crippen LogP contribution is -2.36. The van der Waals surface area contributed by atoms with Gasteiger partial charge >= 0.3 is 17.0 Å². The number of amides is 3. The third-order valence-corrected chi connectivity index (χ3v) is 8.69. The number of aliphatic carboxylic acids is 1. The average molecular weight is 594 g/mol. The summed E-state index contributed by atoms with van der Waals surface area (Å²) >= 11 is 1.92. The molecule has 0 spiro atoms. The maximum absolute atomic E-state index is 13.2. The summed E-state index contributed by atoms with van der Waals surface area (Å²) in [6.07, 6.45) is -4.56. The molecule has 0 bridgehead atoms. The second kappa shape index (κ2) is 10.5. The number of ether oxygens (including phenoxy) is 1. The first-order chi connectivity index (χ1) is 18.9. The van der Waals surface area contributed by atoms with Crippen LogP contribution in [0.2, 0.25) is 0 Å². The van der Waals surface area contributed by atoms with E-state index < -0.39 is 65.7 Å². The summed E-state index contributed by atoms with van der Waals surface area (Å²) in [5, 5.41) is 11.0. The second-order valence-corrected chi connectivity index (χ2v) is 11.1. The Labute approximate surface area is 231 Å². The summed E-state index contributed by atoms with van der Waals surface area (Å²) in [5.41, 5.74) is -0.391. The van der Waals surface area contributed by atoms with Crippen LogP contribution in [0.4, 0.5) is 18.9 Å². The van der Waals surface area contributed by atoms with Crippen molar-refractivity contribution in [1.82, 2.24) is 9.88 Å². The number of hydrogen-bond acceptors (Lipinski definition) is 8. The van der Waals surface area contributed by atoms with Gasteiger partial charge in [0.1, 0.15) is 17.5 Å². The third kappa shape index (κ3) is 5.34. The van der Waals surface area contributed by atoms with Gasteiger partial charge in [0, 0.05) is 16.5 Å². The average Bonchev–Trinajstić information content (AvgIpc) is 3.38. The molecule has 3 atom stereocenters. The van der Waals surface area contributed by atoms with E-state index in [0.717, 1.165) is 35.2 Å². The predicted molar refractivity (Wildman–Crippen MR) is 136 cm³/mol. The van der Waals surface area contributed by atoms with Crippen molar-refractivity contribution in [2.24, 2.45) is 5.92 Å². The standard InChI is InChI=1S/C25H18F3N3O7S2/c26-25(27,28)12-2-1-3-13(8-12)29-15(32)10-38-14-6-4-11(5-7-14)17-18-20(39-21-19(17)40-24(37)30-21)23(36)31(22(18)35)9-16(33)34/h1-8,17-18,20H,9-10H2,(H,29,32)(H,30,37)(H,33,34)/t17-,18?,20?/m1/s1. The smallest absolute Gasteiger partial charge is 0.416 e. The number of aromatic amines is 1. The van der Waals surface area contributed by atoms with E-state index in [-0.39, 0.29) is 16.3 Å². The van der Waals surface area contributed by atoms with Crippen molar-refractivity contribution in [3.8, 4) is 5.75 Å². The fourth-order valence-electron chi connectivity index (χ4n) is 4.62. The molecule has 208 valence electrons. The minimum Gasteiger partial charge on any atom is -0.484 e. The van der Waals surface area contributed by atoms with E-state index in [1.54, 1.807) is 12.1 Å². The number of likely N-dealkylation sites (tertiary alicyclic amines) is 1.